The average molecular weight is 402 g/mol. The minimum absolute atomic E-state index is 0.0192. The zero-order valence-corrected chi connectivity index (χ0v) is 15.1. The summed E-state index contributed by atoms with van der Waals surface area (Å²) in [4.78, 5) is 28.8. The van der Waals surface area contributed by atoms with Crippen LogP contribution in [0.4, 0.5) is 23.7 Å². The highest BCUT2D eigenvalue weighted by molar-refractivity contribution is 7.21. The second-order valence-electron chi connectivity index (χ2n) is 6.35. The lowest BCUT2D eigenvalue weighted by Crippen LogP contribution is -2.46. The maximum absolute atomic E-state index is 13.3. The molecule has 0 aromatic carbocycles. The normalized spacial score (nSPS) is 15.9. The molecule has 0 atom stereocenters. The predicted octanol–water partition coefficient (Wildman–Crippen LogP) is 3.08. The number of rotatable bonds is 2. The molecule has 2 aromatic rings. The lowest BCUT2D eigenvalue weighted by Gasteiger charge is -2.30. The molecule has 0 aliphatic carbocycles. The van der Waals surface area contributed by atoms with Gasteiger partial charge in [-0.1, -0.05) is 0 Å². The third kappa shape index (κ3) is 3.77. The molecule has 1 aliphatic heterocycles. The number of halogens is 3. The number of nitrogen functional groups attached to an aromatic ring is 1. The Morgan fingerprint density at radius 2 is 2.00 bits per heavy atom. The van der Waals surface area contributed by atoms with E-state index >= 15 is 0 Å². The number of piperidine rings is 1. The number of likely N-dealkylation sites (tertiary alicyclic amines) is 1. The van der Waals surface area contributed by atoms with Crippen LogP contribution in [0.5, 0.6) is 0 Å². The number of fused-ring (bicyclic) bond motifs is 1. The number of carbonyl (C=O) groups is 2. The summed E-state index contributed by atoms with van der Waals surface area (Å²) in [5, 5.41) is 11.4. The van der Waals surface area contributed by atoms with Crippen LogP contribution in [0.25, 0.3) is 10.2 Å². The smallest absolute Gasteiger partial charge is 0.417 e. The van der Waals surface area contributed by atoms with Crippen LogP contribution in [0.1, 0.15) is 33.8 Å². The summed E-state index contributed by atoms with van der Waals surface area (Å²) in [5.74, 6) is -0.574. The molecule has 3 heterocycles. The van der Waals surface area contributed by atoms with Crippen LogP contribution in [-0.4, -0.2) is 46.1 Å². The van der Waals surface area contributed by atoms with E-state index in [1.165, 1.54) is 11.8 Å². The molecule has 2 aromatic heterocycles. The number of aryl methyl sites for hydroxylation is 1. The van der Waals surface area contributed by atoms with Gasteiger partial charge in [0.2, 0.25) is 0 Å². The van der Waals surface area contributed by atoms with Gasteiger partial charge in [0.1, 0.15) is 9.71 Å². The molecule has 7 nitrogen and oxygen atoms in total. The van der Waals surface area contributed by atoms with E-state index in [2.05, 4.69) is 10.3 Å². The summed E-state index contributed by atoms with van der Waals surface area (Å²) in [6, 6.07) is 0.642. The second-order valence-corrected chi connectivity index (χ2v) is 7.35. The first-order valence-electron chi connectivity index (χ1n) is 8.13. The molecule has 3 rings (SSSR count). The molecule has 0 unspecified atom stereocenters. The highest BCUT2D eigenvalue weighted by Crippen LogP contribution is 2.42. The molecule has 27 heavy (non-hydrogen) atoms. The Balaban J connectivity index is 1.86. The van der Waals surface area contributed by atoms with Crippen molar-refractivity contribution in [1.29, 1.82) is 0 Å². The van der Waals surface area contributed by atoms with Crippen molar-refractivity contribution in [3.63, 3.8) is 0 Å². The molecule has 0 saturated carbocycles. The van der Waals surface area contributed by atoms with Crippen LogP contribution in [0.15, 0.2) is 6.07 Å². The summed E-state index contributed by atoms with van der Waals surface area (Å²) in [6.45, 7) is 2.00. The van der Waals surface area contributed by atoms with E-state index < -0.39 is 23.7 Å². The number of anilines is 1. The van der Waals surface area contributed by atoms with Crippen LogP contribution in [0.3, 0.4) is 0 Å². The van der Waals surface area contributed by atoms with Gasteiger partial charge >= 0.3 is 12.3 Å². The molecule has 146 valence electrons. The molecule has 0 radical (unpaired) electrons. The molecule has 1 saturated heterocycles. The number of carboxylic acid groups (broad SMARTS) is 1. The zero-order chi connectivity index (χ0) is 19.9. The van der Waals surface area contributed by atoms with E-state index in [1.54, 1.807) is 0 Å². The number of carbonyl (C=O) groups excluding carboxylic acids is 1. The number of nitrogens with two attached hydrogens (primary N) is 1. The largest absolute Gasteiger partial charge is 0.465 e. The third-order valence-corrected chi connectivity index (χ3v) is 5.54. The Labute approximate surface area is 156 Å². The number of hydrogen-bond acceptors (Lipinski definition) is 5. The molecule has 1 fully saturated rings. The van der Waals surface area contributed by atoms with Gasteiger partial charge in [-0.3, -0.25) is 4.79 Å². The first-order chi connectivity index (χ1) is 12.6. The van der Waals surface area contributed by atoms with Crippen molar-refractivity contribution < 1.29 is 27.9 Å². The number of pyridine rings is 1. The monoisotopic (exact) mass is 402 g/mol. The number of alkyl halides is 3. The summed E-state index contributed by atoms with van der Waals surface area (Å²) in [7, 11) is 0. The number of amides is 2. The molecule has 2 amide bonds. The number of nitrogens with one attached hydrogen (secondary N) is 1. The highest BCUT2D eigenvalue weighted by atomic mass is 32.1. The maximum Gasteiger partial charge on any atom is 0.417 e. The minimum Gasteiger partial charge on any atom is -0.465 e. The van der Waals surface area contributed by atoms with Crippen molar-refractivity contribution >= 4 is 39.2 Å². The Morgan fingerprint density at radius 3 is 2.56 bits per heavy atom. The van der Waals surface area contributed by atoms with Gasteiger partial charge in [-0.25, -0.2) is 9.78 Å². The quantitative estimate of drug-likeness (QED) is 0.715. The zero-order valence-electron chi connectivity index (χ0n) is 14.3. The number of aromatic nitrogens is 1. The van der Waals surface area contributed by atoms with Crippen molar-refractivity contribution in [2.45, 2.75) is 32.0 Å². The standard InChI is InChI=1S/C16H17F3N4O3S/c1-7-6-9(16(17,18)19)10-11(20)12(27-14(10)21-7)13(24)22-8-2-4-23(5-3-8)15(25)26/h6,8H,2-5,20H2,1H3,(H,22,24)(H,25,26). The second kappa shape index (κ2) is 6.87. The average Bonchev–Trinajstić information content (AvgIpc) is 2.90. The summed E-state index contributed by atoms with van der Waals surface area (Å²) in [6.07, 6.45) is -4.78. The third-order valence-electron chi connectivity index (χ3n) is 4.44. The van der Waals surface area contributed by atoms with Crippen molar-refractivity contribution in [1.82, 2.24) is 15.2 Å². The number of nitrogens with zero attached hydrogens (tertiary/aromatic N) is 2. The van der Waals surface area contributed by atoms with E-state index in [4.69, 9.17) is 10.8 Å². The van der Waals surface area contributed by atoms with Gasteiger partial charge in [0.05, 0.1) is 11.3 Å². The first kappa shape index (κ1) is 19.2. The summed E-state index contributed by atoms with van der Waals surface area (Å²) in [5.41, 5.74) is 4.91. The predicted molar refractivity (Wildman–Crippen MR) is 93.9 cm³/mol. The van der Waals surface area contributed by atoms with E-state index in [0.717, 1.165) is 17.4 Å². The fourth-order valence-electron chi connectivity index (χ4n) is 3.10. The van der Waals surface area contributed by atoms with E-state index in [1.807, 2.05) is 0 Å². The van der Waals surface area contributed by atoms with Crippen molar-refractivity contribution in [3.8, 4) is 0 Å². The molecule has 4 N–H and O–H groups in total. The number of thiophene rings is 1. The van der Waals surface area contributed by atoms with Gasteiger partial charge in [-0.2, -0.15) is 13.2 Å². The molecule has 1 aliphatic rings. The Hall–Kier alpha value is -2.56. The molecular weight excluding hydrogens is 385 g/mol. The Morgan fingerprint density at radius 1 is 1.37 bits per heavy atom. The highest BCUT2D eigenvalue weighted by Gasteiger charge is 2.36. The number of hydrogen-bond donors (Lipinski definition) is 3. The van der Waals surface area contributed by atoms with Crippen molar-refractivity contribution in [3.05, 3.63) is 22.2 Å². The van der Waals surface area contributed by atoms with E-state index in [0.29, 0.717) is 12.8 Å². The van der Waals surface area contributed by atoms with Crippen LogP contribution in [0, 0.1) is 6.92 Å². The van der Waals surface area contributed by atoms with Crippen molar-refractivity contribution in [2.75, 3.05) is 18.8 Å². The van der Waals surface area contributed by atoms with Crippen molar-refractivity contribution in [2.24, 2.45) is 0 Å². The Bertz CT molecular complexity index is 904. The van der Waals surface area contributed by atoms with Crippen LogP contribution >= 0.6 is 11.3 Å². The summed E-state index contributed by atoms with van der Waals surface area (Å²) >= 11 is 0.818. The molecular formula is C16H17F3N4O3S. The van der Waals surface area contributed by atoms with Gasteiger partial charge in [0.15, 0.2) is 0 Å². The lowest BCUT2D eigenvalue weighted by atomic mass is 10.1. The van der Waals surface area contributed by atoms with Crippen LogP contribution in [0.2, 0.25) is 0 Å². The fraction of sp³-hybridized carbons (Fsp3) is 0.438. The molecule has 11 heteroatoms. The summed E-state index contributed by atoms with van der Waals surface area (Å²) < 4.78 is 40.0. The first-order valence-corrected chi connectivity index (χ1v) is 8.95. The molecule has 0 bridgehead atoms. The Kier molecular flexibility index (Phi) is 4.89. The van der Waals surface area contributed by atoms with Crippen LogP contribution < -0.4 is 11.1 Å². The topological polar surface area (TPSA) is 109 Å². The van der Waals surface area contributed by atoms with E-state index in [-0.39, 0.29) is 45.6 Å². The van der Waals surface area contributed by atoms with Gasteiger partial charge < -0.3 is 21.1 Å². The fourth-order valence-corrected chi connectivity index (χ4v) is 4.17. The van der Waals surface area contributed by atoms with E-state index in [9.17, 15) is 22.8 Å². The maximum atomic E-state index is 13.3. The van der Waals surface area contributed by atoms with Gasteiger partial charge in [0.25, 0.3) is 5.91 Å². The SMILES string of the molecule is Cc1cc(C(F)(F)F)c2c(N)c(C(=O)NC3CCN(C(=O)O)CC3)sc2n1. The van der Waals surface area contributed by atoms with Gasteiger partial charge in [-0.05, 0) is 25.8 Å². The lowest BCUT2D eigenvalue weighted by molar-refractivity contribution is -0.136. The van der Waals surface area contributed by atoms with Gasteiger partial charge in [-0.15, -0.1) is 11.3 Å². The van der Waals surface area contributed by atoms with Crippen LogP contribution in [-0.2, 0) is 6.18 Å². The minimum atomic E-state index is -4.61. The molecule has 0 spiro atoms. The van der Waals surface area contributed by atoms with Gasteiger partial charge in [0, 0.05) is 30.2 Å².